The van der Waals surface area contributed by atoms with E-state index in [-0.39, 0.29) is 23.9 Å². The fourth-order valence-electron chi connectivity index (χ4n) is 3.95. The second-order valence-electron chi connectivity index (χ2n) is 7.09. The van der Waals surface area contributed by atoms with E-state index in [0.29, 0.717) is 6.54 Å². The molecule has 2 aliphatic rings. The smallest absolute Gasteiger partial charge is 0.255 e. The fraction of sp³-hybridized carbons (Fsp3) is 0.600. The monoisotopic (exact) mass is 328 g/mol. The maximum atomic E-state index is 12.9. The highest BCUT2D eigenvalue weighted by Crippen LogP contribution is 2.26. The maximum Gasteiger partial charge on any atom is 0.255 e. The minimum absolute atomic E-state index is 0.0000615. The van der Waals surface area contributed by atoms with Crippen LogP contribution in [0.2, 0.25) is 0 Å². The fourth-order valence-corrected chi connectivity index (χ4v) is 3.95. The van der Waals surface area contributed by atoms with E-state index in [9.17, 15) is 9.59 Å². The van der Waals surface area contributed by atoms with Gasteiger partial charge in [0.25, 0.3) is 5.91 Å². The minimum Gasteiger partial charge on any atom is -0.352 e. The number of nitrogens with zero attached hydrogens (tertiary/aromatic N) is 1. The number of fused-ring (bicyclic) bond motifs is 1. The molecule has 0 unspecified atom stereocenters. The lowest BCUT2D eigenvalue weighted by Crippen LogP contribution is -2.49. The number of nitrogens with one attached hydrogen (secondary N) is 1. The normalized spacial score (nSPS) is 19.7. The average Bonchev–Trinajstić information content (AvgIpc) is 2.76. The van der Waals surface area contributed by atoms with E-state index in [2.05, 4.69) is 12.2 Å². The van der Waals surface area contributed by atoms with Crippen LogP contribution in [-0.2, 0) is 11.3 Å². The van der Waals surface area contributed by atoms with Crippen LogP contribution in [0.15, 0.2) is 24.3 Å². The Morgan fingerprint density at radius 1 is 1.21 bits per heavy atom. The molecule has 1 fully saturated rings. The zero-order valence-corrected chi connectivity index (χ0v) is 14.6. The molecule has 1 saturated carbocycles. The van der Waals surface area contributed by atoms with E-state index in [0.717, 1.165) is 36.8 Å². The molecule has 0 saturated heterocycles. The number of carbonyl (C=O) groups is 2. The first-order valence-electron chi connectivity index (χ1n) is 9.40. The Morgan fingerprint density at radius 3 is 2.58 bits per heavy atom. The Balaban J connectivity index is 1.70. The summed E-state index contributed by atoms with van der Waals surface area (Å²) in [7, 11) is 0. The van der Waals surface area contributed by atoms with Gasteiger partial charge in [0.05, 0.1) is 0 Å². The number of hydrogen-bond acceptors (Lipinski definition) is 2. The van der Waals surface area contributed by atoms with Crippen molar-refractivity contribution >= 4 is 11.8 Å². The lowest BCUT2D eigenvalue weighted by atomic mass is 10.1. The van der Waals surface area contributed by atoms with Crippen LogP contribution in [0.3, 0.4) is 0 Å². The Hall–Kier alpha value is -1.84. The van der Waals surface area contributed by atoms with Gasteiger partial charge in [-0.1, -0.05) is 57.2 Å². The van der Waals surface area contributed by atoms with Gasteiger partial charge in [-0.3, -0.25) is 9.59 Å². The molecule has 1 atom stereocenters. The van der Waals surface area contributed by atoms with Gasteiger partial charge in [0, 0.05) is 18.2 Å². The number of rotatable bonds is 5. The third-order valence-corrected chi connectivity index (χ3v) is 5.29. The van der Waals surface area contributed by atoms with Gasteiger partial charge in [0.1, 0.15) is 6.04 Å². The van der Waals surface area contributed by atoms with Crippen LogP contribution in [0.4, 0.5) is 0 Å². The summed E-state index contributed by atoms with van der Waals surface area (Å²) in [5.41, 5.74) is 1.78. The quantitative estimate of drug-likeness (QED) is 0.839. The Labute approximate surface area is 144 Å². The molecule has 1 aromatic rings. The van der Waals surface area contributed by atoms with E-state index in [4.69, 9.17) is 0 Å². The molecule has 24 heavy (non-hydrogen) atoms. The second-order valence-corrected chi connectivity index (χ2v) is 7.09. The first-order chi connectivity index (χ1) is 11.7. The van der Waals surface area contributed by atoms with E-state index < -0.39 is 0 Å². The van der Waals surface area contributed by atoms with E-state index >= 15 is 0 Å². The van der Waals surface area contributed by atoms with Gasteiger partial charge < -0.3 is 10.2 Å². The zero-order valence-electron chi connectivity index (χ0n) is 14.6. The van der Waals surface area contributed by atoms with Crippen LogP contribution in [-0.4, -0.2) is 28.8 Å². The molecule has 4 nitrogen and oxygen atoms in total. The summed E-state index contributed by atoms with van der Waals surface area (Å²) in [6.07, 6.45) is 8.67. The first-order valence-corrected chi connectivity index (χ1v) is 9.40. The van der Waals surface area contributed by atoms with Crippen molar-refractivity contribution < 1.29 is 9.59 Å². The maximum absolute atomic E-state index is 12.9. The largest absolute Gasteiger partial charge is 0.352 e. The summed E-state index contributed by atoms with van der Waals surface area (Å²) >= 11 is 0. The van der Waals surface area contributed by atoms with Crippen molar-refractivity contribution in [3.8, 4) is 0 Å². The lowest BCUT2D eigenvalue weighted by Gasteiger charge is -2.28. The number of carbonyl (C=O) groups excluding carboxylic acids is 2. The molecule has 1 aromatic carbocycles. The Kier molecular flexibility index (Phi) is 5.54. The number of benzene rings is 1. The minimum atomic E-state index is -0.349. The lowest BCUT2D eigenvalue weighted by molar-refractivity contribution is -0.126. The highest BCUT2D eigenvalue weighted by Gasteiger charge is 2.36. The van der Waals surface area contributed by atoms with Crippen LogP contribution in [0.5, 0.6) is 0 Å². The molecule has 1 aliphatic heterocycles. The van der Waals surface area contributed by atoms with Gasteiger partial charge in [-0.2, -0.15) is 0 Å². The SMILES string of the molecule is CCC[C@@H](C(=O)NC1CCCCCC1)N1Cc2ccccc2C1=O. The van der Waals surface area contributed by atoms with Crippen molar-refractivity contribution in [2.45, 2.75) is 76.9 Å². The van der Waals surface area contributed by atoms with E-state index in [1.165, 1.54) is 25.7 Å². The molecule has 0 radical (unpaired) electrons. The highest BCUT2D eigenvalue weighted by atomic mass is 16.2. The standard InChI is InChI=1S/C20H28N2O2/c1-2-9-18(19(23)21-16-11-5-3-4-6-12-16)22-14-15-10-7-8-13-17(15)20(22)24/h7-8,10,13,16,18H,2-6,9,11-12,14H2,1H3,(H,21,23)/t18-/m0/s1. The van der Waals surface area contributed by atoms with E-state index in [1.807, 2.05) is 24.3 Å². The van der Waals surface area contributed by atoms with E-state index in [1.54, 1.807) is 4.90 Å². The highest BCUT2D eigenvalue weighted by molar-refractivity contribution is 6.01. The van der Waals surface area contributed by atoms with Crippen molar-refractivity contribution in [2.75, 3.05) is 0 Å². The zero-order chi connectivity index (χ0) is 16.9. The summed E-state index contributed by atoms with van der Waals surface area (Å²) in [6.45, 7) is 2.62. The topological polar surface area (TPSA) is 49.4 Å². The third kappa shape index (κ3) is 3.63. The molecular weight excluding hydrogens is 300 g/mol. The summed E-state index contributed by atoms with van der Waals surface area (Å²) < 4.78 is 0. The van der Waals surface area contributed by atoms with Crippen LogP contribution < -0.4 is 5.32 Å². The summed E-state index contributed by atoms with van der Waals surface area (Å²) in [5.74, 6) is 0.0324. The number of amides is 2. The molecule has 1 heterocycles. The molecule has 4 heteroatoms. The predicted octanol–water partition coefficient (Wildman–Crippen LogP) is 3.65. The van der Waals surface area contributed by atoms with Crippen LogP contribution in [0.1, 0.15) is 74.2 Å². The first kappa shape index (κ1) is 17.0. The summed E-state index contributed by atoms with van der Waals surface area (Å²) in [6, 6.07) is 7.62. The van der Waals surface area contributed by atoms with Gasteiger partial charge >= 0.3 is 0 Å². The molecule has 3 rings (SSSR count). The van der Waals surface area contributed by atoms with Crippen molar-refractivity contribution in [1.29, 1.82) is 0 Å². The van der Waals surface area contributed by atoms with Crippen LogP contribution in [0, 0.1) is 0 Å². The van der Waals surface area contributed by atoms with Gasteiger partial charge in [-0.05, 0) is 30.9 Å². The molecule has 2 amide bonds. The third-order valence-electron chi connectivity index (χ3n) is 5.29. The predicted molar refractivity (Wildman–Crippen MR) is 94.6 cm³/mol. The molecule has 130 valence electrons. The second kappa shape index (κ2) is 7.82. The Morgan fingerprint density at radius 2 is 1.92 bits per heavy atom. The molecule has 0 bridgehead atoms. The van der Waals surface area contributed by atoms with Crippen molar-refractivity contribution in [1.82, 2.24) is 10.2 Å². The van der Waals surface area contributed by atoms with Crippen molar-refractivity contribution in [2.24, 2.45) is 0 Å². The van der Waals surface area contributed by atoms with Gasteiger partial charge in [-0.25, -0.2) is 0 Å². The average molecular weight is 328 g/mol. The summed E-state index contributed by atoms with van der Waals surface area (Å²) in [4.78, 5) is 27.4. The van der Waals surface area contributed by atoms with Crippen molar-refractivity contribution in [3.05, 3.63) is 35.4 Å². The van der Waals surface area contributed by atoms with Crippen LogP contribution in [0.25, 0.3) is 0 Å². The van der Waals surface area contributed by atoms with Gasteiger partial charge in [0.15, 0.2) is 0 Å². The summed E-state index contributed by atoms with van der Waals surface area (Å²) in [5, 5.41) is 3.24. The molecule has 0 spiro atoms. The van der Waals surface area contributed by atoms with Crippen molar-refractivity contribution in [3.63, 3.8) is 0 Å². The van der Waals surface area contributed by atoms with Gasteiger partial charge in [0.2, 0.25) is 5.91 Å². The molecular formula is C20H28N2O2. The molecule has 1 N–H and O–H groups in total. The van der Waals surface area contributed by atoms with Gasteiger partial charge in [-0.15, -0.1) is 0 Å². The Bertz CT molecular complexity index is 591. The molecule has 0 aromatic heterocycles. The molecule has 1 aliphatic carbocycles. The number of hydrogen-bond donors (Lipinski definition) is 1. The van der Waals surface area contributed by atoms with Crippen LogP contribution >= 0.6 is 0 Å².